The molecule has 0 unspecified atom stereocenters. The Morgan fingerprint density at radius 1 is 1.15 bits per heavy atom. The molecule has 2 saturated heterocycles. The molecule has 2 aliphatic heterocycles. The van der Waals surface area contributed by atoms with Crippen molar-refractivity contribution >= 4 is 23.4 Å². The first-order valence-electron chi connectivity index (χ1n) is 9.34. The Morgan fingerprint density at radius 3 is 2.50 bits per heavy atom. The molecule has 0 radical (unpaired) electrons. The molecular formula is C19H26N4O3. The normalized spacial score (nSPS) is 18.6. The second-order valence-corrected chi connectivity index (χ2v) is 6.79. The fourth-order valence-corrected chi connectivity index (χ4v) is 3.51. The molecule has 1 aromatic carbocycles. The van der Waals surface area contributed by atoms with Crippen LogP contribution >= 0.6 is 0 Å². The first-order valence-corrected chi connectivity index (χ1v) is 9.34. The van der Waals surface area contributed by atoms with Crippen LogP contribution in [0.15, 0.2) is 24.3 Å². The molecule has 26 heavy (non-hydrogen) atoms. The van der Waals surface area contributed by atoms with E-state index in [-0.39, 0.29) is 36.6 Å². The Labute approximate surface area is 153 Å². The number of hydrogen-bond donors (Lipinski definition) is 2. The number of nitrogens with one attached hydrogen (secondary N) is 2. The second kappa shape index (κ2) is 8.31. The molecule has 2 aliphatic rings. The van der Waals surface area contributed by atoms with E-state index in [1.54, 1.807) is 24.3 Å². The minimum absolute atomic E-state index is 0.0271. The van der Waals surface area contributed by atoms with Gasteiger partial charge in [-0.1, -0.05) is 6.92 Å². The van der Waals surface area contributed by atoms with Crippen molar-refractivity contribution in [2.45, 2.75) is 45.1 Å². The summed E-state index contributed by atoms with van der Waals surface area (Å²) in [5.41, 5.74) is 3.75. The summed E-state index contributed by atoms with van der Waals surface area (Å²) in [7, 11) is 0. The van der Waals surface area contributed by atoms with Crippen molar-refractivity contribution in [3.8, 4) is 0 Å². The summed E-state index contributed by atoms with van der Waals surface area (Å²) < 4.78 is 0. The molecule has 0 aromatic heterocycles. The van der Waals surface area contributed by atoms with Gasteiger partial charge < -0.3 is 10.2 Å². The number of amides is 3. The molecule has 7 heteroatoms. The lowest BCUT2D eigenvalue weighted by Crippen LogP contribution is -2.50. The Hall–Kier alpha value is -2.41. The highest BCUT2D eigenvalue weighted by atomic mass is 16.2. The predicted molar refractivity (Wildman–Crippen MR) is 98.5 cm³/mol. The highest BCUT2D eigenvalue weighted by molar-refractivity contribution is 6.01. The number of anilines is 1. The molecule has 0 spiro atoms. The van der Waals surface area contributed by atoms with E-state index in [2.05, 4.69) is 17.7 Å². The van der Waals surface area contributed by atoms with E-state index in [1.807, 2.05) is 4.90 Å². The van der Waals surface area contributed by atoms with Crippen LogP contribution < -0.4 is 15.8 Å². The number of rotatable bonds is 5. The van der Waals surface area contributed by atoms with E-state index in [0.717, 1.165) is 38.9 Å². The van der Waals surface area contributed by atoms with E-state index >= 15 is 0 Å². The van der Waals surface area contributed by atoms with Crippen LogP contribution in [0, 0.1) is 0 Å². The lowest BCUT2D eigenvalue weighted by molar-refractivity contribution is -0.130. The molecule has 0 saturated carbocycles. The molecule has 2 N–H and O–H groups in total. The minimum atomic E-state index is -0.176. The number of piperidine rings is 1. The van der Waals surface area contributed by atoms with Gasteiger partial charge in [-0.25, -0.2) is 5.01 Å². The Bertz CT molecular complexity index is 668. The maximum atomic E-state index is 13.0. The van der Waals surface area contributed by atoms with Crippen LogP contribution in [0.3, 0.4) is 0 Å². The van der Waals surface area contributed by atoms with Gasteiger partial charge in [-0.2, -0.15) is 0 Å². The van der Waals surface area contributed by atoms with Crippen LogP contribution in [-0.2, 0) is 9.59 Å². The summed E-state index contributed by atoms with van der Waals surface area (Å²) in [5.74, 6) is -0.296. The zero-order valence-corrected chi connectivity index (χ0v) is 15.2. The van der Waals surface area contributed by atoms with E-state index < -0.39 is 0 Å². The molecule has 2 heterocycles. The first kappa shape index (κ1) is 18.4. The molecule has 3 amide bonds. The summed E-state index contributed by atoms with van der Waals surface area (Å²) in [4.78, 5) is 38.5. The van der Waals surface area contributed by atoms with Gasteiger partial charge in [0, 0.05) is 31.0 Å². The number of hydrazine groups is 1. The number of carbonyl (C=O) groups is 3. The van der Waals surface area contributed by atoms with Crippen LogP contribution in [0.5, 0.6) is 0 Å². The summed E-state index contributed by atoms with van der Waals surface area (Å²) in [6.07, 6.45) is 3.28. The van der Waals surface area contributed by atoms with Crippen molar-refractivity contribution in [3.63, 3.8) is 0 Å². The first-order chi connectivity index (χ1) is 12.6. The summed E-state index contributed by atoms with van der Waals surface area (Å²) in [6, 6.07) is 7.16. The van der Waals surface area contributed by atoms with Crippen LogP contribution in [0.25, 0.3) is 0 Å². The molecule has 140 valence electrons. The SMILES string of the molecule is CCCN(C(=O)c1ccc(N2NC(=O)CCC2=O)cc1)C1CCNCC1. The van der Waals surface area contributed by atoms with Gasteiger partial charge in [0.05, 0.1) is 5.69 Å². The molecule has 0 aliphatic carbocycles. The zero-order chi connectivity index (χ0) is 18.5. The summed E-state index contributed by atoms with van der Waals surface area (Å²) >= 11 is 0. The highest BCUT2D eigenvalue weighted by Crippen LogP contribution is 2.21. The van der Waals surface area contributed by atoms with E-state index in [0.29, 0.717) is 11.3 Å². The minimum Gasteiger partial charge on any atom is -0.336 e. The topological polar surface area (TPSA) is 81.8 Å². The van der Waals surface area contributed by atoms with Gasteiger partial charge in [0.25, 0.3) is 5.91 Å². The Balaban J connectivity index is 1.74. The molecule has 7 nitrogen and oxygen atoms in total. The smallest absolute Gasteiger partial charge is 0.254 e. The van der Waals surface area contributed by atoms with Crippen molar-refractivity contribution in [2.75, 3.05) is 24.6 Å². The van der Waals surface area contributed by atoms with Gasteiger partial charge in [-0.15, -0.1) is 0 Å². The monoisotopic (exact) mass is 358 g/mol. The summed E-state index contributed by atoms with van der Waals surface area (Å²) in [5, 5.41) is 4.59. The Kier molecular flexibility index (Phi) is 5.88. The highest BCUT2D eigenvalue weighted by Gasteiger charge is 2.27. The standard InChI is InChI=1S/C19H26N4O3/c1-2-13-22(15-9-11-20-12-10-15)19(26)14-3-5-16(6-4-14)23-18(25)8-7-17(24)21-23/h3-6,15,20H,2,7-13H2,1H3,(H,21,24). The third-order valence-electron chi connectivity index (χ3n) is 4.90. The average Bonchev–Trinajstić information content (AvgIpc) is 2.68. The third kappa shape index (κ3) is 4.04. The van der Waals surface area contributed by atoms with Crippen molar-refractivity contribution in [1.29, 1.82) is 0 Å². The zero-order valence-electron chi connectivity index (χ0n) is 15.2. The fourth-order valence-electron chi connectivity index (χ4n) is 3.51. The largest absolute Gasteiger partial charge is 0.336 e. The van der Waals surface area contributed by atoms with Crippen LogP contribution in [-0.4, -0.2) is 48.3 Å². The number of hydrogen-bond acceptors (Lipinski definition) is 4. The van der Waals surface area contributed by atoms with E-state index in [4.69, 9.17) is 0 Å². The quantitative estimate of drug-likeness (QED) is 0.835. The summed E-state index contributed by atoms with van der Waals surface area (Å²) in [6.45, 7) is 4.70. The molecular weight excluding hydrogens is 332 g/mol. The van der Waals surface area contributed by atoms with Crippen LogP contribution in [0.4, 0.5) is 5.69 Å². The molecule has 0 bridgehead atoms. The molecule has 2 fully saturated rings. The van der Waals surface area contributed by atoms with Crippen molar-refractivity contribution in [1.82, 2.24) is 15.6 Å². The lowest BCUT2D eigenvalue weighted by Gasteiger charge is -2.34. The van der Waals surface area contributed by atoms with Crippen molar-refractivity contribution < 1.29 is 14.4 Å². The van der Waals surface area contributed by atoms with Gasteiger partial charge in [0.1, 0.15) is 0 Å². The van der Waals surface area contributed by atoms with Gasteiger partial charge in [-0.3, -0.25) is 19.8 Å². The van der Waals surface area contributed by atoms with E-state index in [1.165, 1.54) is 5.01 Å². The molecule has 0 atom stereocenters. The van der Waals surface area contributed by atoms with Crippen molar-refractivity contribution in [2.24, 2.45) is 0 Å². The number of nitrogens with zero attached hydrogens (tertiary/aromatic N) is 2. The van der Waals surface area contributed by atoms with Gasteiger partial charge in [0.2, 0.25) is 11.8 Å². The molecule has 1 aromatic rings. The maximum Gasteiger partial charge on any atom is 0.254 e. The van der Waals surface area contributed by atoms with Gasteiger partial charge in [0.15, 0.2) is 0 Å². The molecule has 3 rings (SSSR count). The van der Waals surface area contributed by atoms with Gasteiger partial charge >= 0.3 is 0 Å². The average molecular weight is 358 g/mol. The van der Waals surface area contributed by atoms with Gasteiger partial charge in [-0.05, 0) is 56.6 Å². The maximum absolute atomic E-state index is 13.0. The number of carbonyl (C=O) groups excluding carboxylic acids is 3. The number of benzene rings is 1. The second-order valence-electron chi connectivity index (χ2n) is 6.79. The third-order valence-corrected chi connectivity index (χ3v) is 4.90. The van der Waals surface area contributed by atoms with Crippen LogP contribution in [0.1, 0.15) is 49.4 Å². The lowest BCUT2D eigenvalue weighted by atomic mass is 10.0. The fraction of sp³-hybridized carbons (Fsp3) is 0.526. The van der Waals surface area contributed by atoms with Crippen LogP contribution in [0.2, 0.25) is 0 Å². The van der Waals surface area contributed by atoms with Crippen molar-refractivity contribution in [3.05, 3.63) is 29.8 Å². The predicted octanol–water partition coefficient (Wildman–Crippen LogP) is 1.45. The Morgan fingerprint density at radius 2 is 1.85 bits per heavy atom. The van der Waals surface area contributed by atoms with E-state index in [9.17, 15) is 14.4 Å².